The Balaban J connectivity index is 1.39. The molecule has 2 amide bonds. The van der Waals surface area contributed by atoms with Crippen molar-refractivity contribution in [1.82, 2.24) is 10.2 Å². The minimum atomic E-state index is -0.579. The zero-order valence-corrected chi connectivity index (χ0v) is 22.2. The molecular formula is C31H38N2O5. The first-order valence-electron chi connectivity index (χ1n) is 14.0. The molecule has 1 fully saturated rings. The maximum atomic E-state index is 13.2. The van der Waals surface area contributed by atoms with E-state index in [-0.39, 0.29) is 36.0 Å². The molecule has 3 aliphatic rings. The van der Waals surface area contributed by atoms with E-state index in [4.69, 9.17) is 9.47 Å². The van der Waals surface area contributed by atoms with Crippen LogP contribution in [-0.2, 0) is 25.5 Å². The fraction of sp³-hybridized carbons (Fsp3) is 0.484. The van der Waals surface area contributed by atoms with E-state index in [2.05, 4.69) is 47.8 Å². The lowest BCUT2D eigenvalue weighted by Crippen LogP contribution is -2.39. The molecule has 0 radical (unpaired) electrons. The summed E-state index contributed by atoms with van der Waals surface area (Å²) in [5.41, 5.74) is 6.30. The van der Waals surface area contributed by atoms with Crippen molar-refractivity contribution in [3.63, 3.8) is 0 Å². The number of nitrogens with zero attached hydrogens (tertiary/aromatic N) is 1. The van der Waals surface area contributed by atoms with Gasteiger partial charge >= 0.3 is 0 Å². The first kappa shape index (κ1) is 26.4. The quantitative estimate of drug-likeness (QED) is 0.373. The number of carbonyl (C=O) groups is 2. The summed E-state index contributed by atoms with van der Waals surface area (Å²) < 4.78 is 12.2. The molecule has 0 bridgehead atoms. The SMILES string of the molecule is CCO[C@@H]1OC(C(=O)NCCCN2CCCC2=O)=C[C@H](c2cccc3c2Cc2ccccc2-3)[C@@H]1CCCO. The van der Waals surface area contributed by atoms with Crippen LogP contribution in [0.2, 0.25) is 0 Å². The Morgan fingerprint density at radius 2 is 2.00 bits per heavy atom. The smallest absolute Gasteiger partial charge is 0.286 e. The Labute approximate surface area is 224 Å². The average molecular weight is 519 g/mol. The van der Waals surface area contributed by atoms with Crippen LogP contribution in [0, 0.1) is 5.92 Å². The van der Waals surface area contributed by atoms with E-state index in [0.29, 0.717) is 39.0 Å². The third kappa shape index (κ3) is 5.49. The Bertz CT molecular complexity index is 1190. The molecule has 7 heteroatoms. The Hall–Kier alpha value is -3.16. The number of carbonyl (C=O) groups excluding carboxylic acids is 2. The van der Waals surface area contributed by atoms with E-state index in [0.717, 1.165) is 25.8 Å². The fourth-order valence-electron chi connectivity index (χ4n) is 6.12. The molecule has 3 atom stereocenters. The van der Waals surface area contributed by atoms with Crippen molar-refractivity contribution in [1.29, 1.82) is 0 Å². The minimum absolute atomic E-state index is 0.0324. The molecule has 2 N–H and O–H groups in total. The van der Waals surface area contributed by atoms with Gasteiger partial charge in [-0.2, -0.15) is 0 Å². The lowest BCUT2D eigenvalue weighted by molar-refractivity contribution is -0.166. The number of ether oxygens (including phenoxy) is 2. The Kier molecular flexibility index (Phi) is 8.45. The average Bonchev–Trinajstić information content (AvgIpc) is 3.52. The predicted octanol–water partition coefficient (Wildman–Crippen LogP) is 4.14. The molecule has 2 aromatic carbocycles. The van der Waals surface area contributed by atoms with Crippen molar-refractivity contribution in [3.8, 4) is 11.1 Å². The van der Waals surface area contributed by atoms with Gasteiger partial charge in [0, 0.05) is 51.1 Å². The van der Waals surface area contributed by atoms with E-state index in [1.807, 2.05) is 17.9 Å². The van der Waals surface area contributed by atoms with Crippen LogP contribution in [0.4, 0.5) is 0 Å². The summed E-state index contributed by atoms with van der Waals surface area (Å²) in [6, 6.07) is 14.9. The number of aliphatic hydroxyl groups excluding tert-OH is 1. The van der Waals surface area contributed by atoms with E-state index < -0.39 is 6.29 Å². The molecule has 7 nitrogen and oxygen atoms in total. The van der Waals surface area contributed by atoms with E-state index >= 15 is 0 Å². The highest BCUT2D eigenvalue weighted by Gasteiger charge is 2.39. The summed E-state index contributed by atoms with van der Waals surface area (Å²) >= 11 is 0. The maximum Gasteiger partial charge on any atom is 0.286 e. The van der Waals surface area contributed by atoms with Crippen LogP contribution in [0.3, 0.4) is 0 Å². The van der Waals surface area contributed by atoms with Crippen LogP contribution in [-0.4, -0.2) is 61.0 Å². The molecule has 0 spiro atoms. The largest absolute Gasteiger partial charge is 0.459 e. The van der Waals surface area contributed by atoms with Gasteiger partial charge in [-0.05, 0) is 72.9 Å². The number of aliphatic hydroxyl groups is 1. The molecule has 2 aliphatic heterocycles. The van der Waals surface area contributed by atoms with Gasteiger partial charge in [-0.3, -0.25) is 9.59 Å². The van der Waals surface area contributed by atoms with E-state index in [9.17, 15) is 14.7 Å². The lowest BCUT2D eigenvalue weighted by atomic mass is 9.78. The van der Waals surface area contributed by atoms with Crippen LogP contribution in [0.25, 0.3) is 11.1 Å². The number of allylic oxidation sites excluding steroid dienone is 1. The summed E-state index contributed by atoms with van der Waals surface area (Å²) in [4.78, 5) is 27.0. The minimum Gasteiger partial charge on any atom is -0.459 e. The summed E-state index contributed by atoms with van der Waals surface area (Å²) in [5, 5.41) is 12.6. The standard InChI is InChI=1S/C31H38N2O5/c1-2-37-31-25(13-7-18-34)27(24-12-5-11-23-22-10-4-3-9-21(22)19-26(23)24)20-28(38-31)30(36)32-15-8-17-33-16-6-14-29(33)35/h3-5,9-12,20,25,27,31,34H,2,6-8,13-19H2,1H3,(H,32,36)/t25-,27+,31+/m0/s1. The van der Waals surface area contributed by atoms with Crippen LogP contribution in [0.1, 0.15) is 61.6 Å². The topological polar surface area (TPSA) is 88.1 Å². The summed E-state index contributed by atoms with van der Waals surface area (Å²) in [7, 11) is 0. The predicted molar refractivity (Wildman–Crippen MR) is 145 cm³/mol. The van der Waals surface area contributed by atoms with Gasteiger partial charge in [-0.1, -0.05) is 42.5 Å². The Morgan fingerprint density at radius 1 is 1.16 bits per heavy atom. The summed E-state index contributed by atoms with van der Waals surface area (Å²) in [6.45, 7) is 4.41. The van der Waals surface area contributed by atoms with E-state index in [1.54, 1.807) is 0 Å². The van der Waals surface area contributed by atoms with Crippen molar-refractivity contribution in [2.75, 3.05) is 32.8 Å². The van der Waals surface area contributed by atoms with Crippen LogP contribution >= 0.6 is 0 Å². The van der Waals surface area contributed by atoms with Crippen molar-refractivity contribution in [2.45, 2.75) is 57.7 Å². The number of rotatable bonds is 11. The molecular weight excluding hydrogens is 480 g/mol. The van der Waals surface area contributed by atoms with Gasteiger partial charge in [0.05, 0.1) is 0 Å². The van der Waals surface area contributed by atoms with Crippen molar-refractivity contribution >= 4 is 11.8 Å². The fourth-order valence-corrected chi connectivity index (χ4v) is 6.12. The third-order valence-corrected chi connectivity index (χ3v) is 7.94. The molecule has 202 valence electrons. The second kappa shape index (κ2) is 12.1. The highest BCUT2D eigenvalue weighted by atomic mass is 16.7. The van der Waals surface area contributed by atoms with Crippen molar-refractivity contribution < 1.29 is 24.2 Å². The second-order valence-electron chi connectivity index (χ2n) is 10.3. The Morgan fingerprint density at radius 3 is 2.79 bits per heavy atom. The van der Waals surface area contributed by atoms with Gasteiger partial charge in [-0.15, -0.1) is 0 Å². The van der Waals surface area contributed by atoms with Gasteiger partial charge in [0.1, 0.15) is 0 Å². The number of fused-ring (bicyclic) bond motifs is 3. The van der Waals surface area contributed by atoms with Gasteiger partial charge in [0.15, 0.2) is 5.76 Å². The number of nitrogens with one attached hydrogen (secondary N) is 1. The van der Waals surface area contributed by atoms with Crippen LogP contribution < -0.4 is 5.32 Å². The third-order valence-electron chi connectivity index (χ3n) is 7.94. The molecule has 1 aliphatic carbocycles. The molecule has 5 rings (SSSR count). The molecule has 2 heterocycles. The van der Waals surface area contributed by atoms with Gasteiger partial charge in [0.2, 0.25) is 12.2 Å². The monoisotopic (exact) mass is 518 g/mol. The van der Waals surface area contributed by atoms with Crippen LogP contribution in [0.15, 0.2) is 54.3 Å². The lowest BCUT2D eigenvalue weighted by Gasteiger charge is -2.37. The molecule has 2 aromatic rings. The summed E-state index contributed by atoms with van der Waals surface area (Å²) in [6.07, 6.45) is 5.82. The molecule has 0 saturated carbocycles. The number of benzene rings is 2. The van der Waals surface area contributed by atoms with Gasteiger partial charge in [-0.25, -0.2) is 0 Å². The molecule has 38 heavy (non-hydrogen) atoms. The molecule has 1 saturated heterocycles. The highest BCUT2D eigenvalue weighted by Crippen LogP contribution is 2.45. The number of likely N-dealkylation sites (tertiary alicyclic amines) is 1. The number of hydrogen-bond donors (Lipinski definition) is 2. The second-order valence-corrected chi connectivity index (χ2v) is 10.3. The van der Waals surface area contributed by atoms with Crippen LogP contribution in [0.5, 0.6) is 0 Å². The van der Waals surface area contributed by atoms with Gasteiger partial charge in [0.25, 0.3) is 5.91 Å². The first-order chi connectivity index (χ1) is 18.6. The zero-order chi connectivity index (χ0) is 26.5. The van der Waals surface area contributed by atoms with Crippen molar-refractivity contribution in [3.05, 3.63) is 71.0 Å². The number of hydrogen-bond acceptors (Lipinski definition) is 5. The summed E-state index contributed by atoms with van der Waals surface area (Å²) in [5.74, 6) is 0.0978. The first-order valence-corrected chi connectivity index (χ1v) is 14.0. The van der Waals surface area contributed by atoms with Gasteiger partial charge < -0.3 is 24.8 Å². The zero-order valence-electron chi connectivity index (χ0n) is 22.2. The van der Waals surface area contributed by atoms with Crippen molar-refractivity contribution in [2.24, 2.45) is 5.92 Å². The highest BCUT2D eigenvalue weighted by molar-refractivity contribution is 5.91. The maximum absolute atomic E-state index is 13.2. The number of amides is 2. The molecule has 0 aromatic heterocycles. The normalized spacial score (nSPS) is 22.1. The molecule has 0 unspecified atom stereocenters. The van der Waals surface area contributed by atoms with E-state index in [1.165, 1.54) is 27.8 Å².